The summed E-state index contributed by atoms with van der Waals surface area (Å²) in [6.07, 6.45) is 2.36. The molecule has 1 rings (SSSR count). The average molecular weight is 201 g/mol. The molecule has 0 bridgehead atoms. The zero-order valence-corrected chi connectivity index (χ0v) is 9.53. The second-order valence-electron chi connectivity index (χ2n) is 4.50. The van der Waals surface area contributed by atoms with Crippen LogP contribution in [-0.2, 0) is 9.47 Å². The van der Waals surface area contributed by atoms with Crippen LogP contribution in [0, 0.1) is 5.92 Å². The highest BCUT2D eigenvalue weighted by atomic mass is 16.5. The van der Waals surface area contributed by atoms with Crippen LogP contribution in [0.3, 0.4) is 0 Å². The lowest BCUT2D eigenvalue weighted by atomic mass is 9.86. The van der Waals surface area contributed by atoms with Crippen LogP contribution in [0.4, 0.5) is 0 Å². The molecule has 0 aromatic heterocycles. The topological polar surface area (TPSA) is 44.5 Å². The van der Waals surface area contributed by atoms with Gasteiger partial charge in [0, 0.05) is 19.3 Å². The van der Waals surface area contributed by atoms with Gasteiger partial charge in [0.2, 0.25) is 0 Å². The van der Waals surface area contributed by atoms with Crippen LogP contribution in [0.25, 0.3) is 0 Å². The molecule has 3 unspecified atom stereocenters. The molecule has 0 heterocycles. The molecule has 84 valence electrons. The van der Waals surface area contributed by atoms with Gasteiger partial charge in [0.05, 0.1) is 12.2 Å². The van der Waals surface area contributed by atoms with Gasteiger partial charge in [0.1, 0.15) is 0 Å². The Balaban J connectivity index is 2.19. The smallest absolute Gasteiger partial charge is 0.0988 e. The number of nitrogens with two attached hydrogens (primary N) is 1. The molecular weight excluding hydrogens is 178 g/mol. The molecule has 1 aliphatic carbocycles. The minimum absolute atomic E-state index is 0.133. The molecule has 1 saturated carbocycles. The molecule has 0 aromatic rings. The van der Waals surface area contributed by atoms with Gasteiger partial charge in [-0.1, -0.05) is 20.8 Å². The molecule has 3 atom stereocenters. The van der Waals surface area contributed by atoms with Gasteiger partial charge in [-0.2, -0.15) is 0 Å². The van der Waals surface area contributed by atoms with Crippen LogP contribution in [0.5, 0.6) is 0 Å². The summed E-state index contributed by atoms with van der Waals surface area (Å²) in [4.78, 5) is 0. The van der Waals surface area contributed by atoms with Gasteiger partial charge in [0.15, 0.2) is 0 Å². The van der Waals surface area contributed by atoms with Crippen molar-refractivity contribution in [1.82, 2.24) is 0 Å². The predicted octanol–water partition coefficient (Wildman–Crippen LogP) is 1.55. The van der Waals surface area contributed by atoms with Crippen molar-refractivity contribution in [2.24, 2.45) is 11.7 Å². The third kappa shape index (κ3) is 3.23. The van der Waals surface area contributed by atoms with E-state index in [2.05, 4.69) is 20.8 Å². The Morgan fingerprint density at radius 2 is 2.07 bits per heavy atom. The molecule has 2 N–H and O–H groups in total. The monoisotopic (exact) mass is 201 g/mol. The summed E-state index contributed by atoms with van der Waals surface area (Å²) >= 11 is 0. The fraction of sp³-hybridized carbons (Fsp3) is 1.00. The van der Waals surface area contributed by atoms with Crippen LogP contribution in [-0.4, -0.2) is 31.5 Å². The molecule has 0 radical (unpaired) electrons. The van der Waals surface area contributed by atoms with E-state index in [-0.39, 0.29) is 18.2 Å². The maximum Gasteiger partial charge on any atom is 0.0988 e. The fourth-order valence-corrected chi connectivity index (χ4v) is 1.58. The van der Waals surface area contributed by atoms with E-state index in [1.54, 1.807) is 0 Å². The average Bonchev–Trinajstić information content (AvgIpc) is 2.12. The van der Waals surface area contributed by atoms with E-state index in [0.29, 0.717) is 5.92 Å². The Hall–Kier alpha value is -0.120. The molecule has 0 saturated heterocycles. The SMILES string of the molecule is CCCOC1C(N)CC1OCC(C)C. The summed E-state index contributed by atoms with van der Waals surface area (Å²) in [5.74, 6) is 0.582. The second-order valence-corrected chi connectivity index (χ2v) is 4.50. The quantitative estimate of drug-likeness (QED) is 0.709. The number of ether oxygens (including phenoxy) is 2. The van der Waals surface area contributed by atoms with Crippen LogP contribution < -0.4 is 5.73 Å². The minimum Gasteiger partial charge on any atom is -0.375 e. The summed E-state index contributed by atoms with van der Waals surface area (Å²) in [6, 6.07) is 0.179. The van der Waals surface area contributed by atoms with E-state index in [0.717, 1.165) is 26.1 Å². The van der Waals surface area contributed by atoms with Gasteiger partial charge in [-0.15, -0.1) is 0 Å². The van der Waals surface area contributed by atoms with Gasteiger partial charge >= 0.3 is 0 Å². The summed E-state index contributed by atoms with van der Waals surface area (Å²) in [5.41, 5.74) is 5.86. The van der Waals surface area contributed by atoms with Crippen molar-refractivity contribution in [3.63, 3.8) is 0 Å². The van der Waals surface area contributed by atoms with Crippen molar-refractivity contribution < 1.29 is 9.47 Å². The molecule has 1 aliphatic rings. The lowest BCUT2D eigenvalue weighted by Crippen LogP contribution is -2.58. The van der Waals surface area contributed by atoms with E-state index >= 15 is 0 Å². The first-order valence-corrected chi connectivity index (χ1v) is 5.64. The van der Waals surface area contributed by atoms with E-state index in [4.69, 9.17) is 15.2 Å². The highest BCUT2D eigenvalue weighted by molar-refractivity contribution is 4.95. The molecular formula is C11H23NO2. The number of hydrogen-bond acceptors (Lipinski definition) is 3. The van der Waals surface area contributed by atoms with Crippen molar-refractivity contribution in [1.29, 1.82) is 0 Å². The van der Waals surface area contributed by atoms with Crippen LogP contribution in [0.2, 0.25) is 0 Å². The first kappa shape index (κ1) is 12.0. The Morgan fingerprint density at radius 1 is 1.36 bits per heavy atom. The molecule has 14 heavy (non-hydrogen) atoms. The Labute approximate surface area is 86.9 Å². The molecule has 1 fully saturated rings. The maximum atomic E-state index is 5.86. The zero-order valence-electron chi connectivity index (χ0n) is 9.53. The van der Waals surface area contributed by atoms with Crippen LogP contribution in [0.1, 0.15) is 33.6 Å². The van der Waals surface area contributed by atoms with E-state index in [1.165, 1.54) is 0 Å². The number of hydrogen-bond donors (Lipinski definition) is 1. The van der Waals surface area contributed by atoms with Crippen molar-refractivity contribution in [3.05, 3.63) is 0 Å². The van der Waals surface area contributed by atoms with Crippen molar-refractivity contribution in [3.8, 4) is 0 Å². The Morgan fingerprint density at radius 3 is 2.57 bits per heavy atom. The summed E-state index contributed by atoms with van der Waals surface area (Å²) < 4.78 is 11.3. The van der Waals surface area contributed by atoms with E-state index in [9.17, 15) is 0 Å². The Kier molecular flexibility index (Phi) is 4.85. The van der Waals surface area contributed by atoms with E-state index in [1.807, 2.05) is 0 Å². The Bertz CT molecular complexity index is 161. The van der Waals surface area contributed by atoms with Crippen molar-refractivity contribution in [2.75, 3.05) is 13.2 Å². The molecule has 0 aliphatic heterocycles. The largest absolute Gasteiger partial charge is 0.375 e. The summed E-state index contributed by atoms with van der Waals surface area (Å²) in [7, 11) is 0. The van der Waals surface area contributed by atoms with Gasteiger partial charge in [-0.3, -0.25) is 0 Å². The summed E-state index contributed by atoms with van der Waals surface area (Å²) in [5, 5.41) is 0. The van der Waals surface area contributed by atoms with Crippen molar-refractivity contribution in [2.45, 2.75) is 51.9 Å². The van der Waals surface area contributed by atoms with Crippen molar-refractivity contribution >= 4 is 0 Å². The van der Waals surface area contributed by atoms with Gasteiger partial charge in [-0.25, -0.2) is 0 Å². The standard InChI is InChI=1S/C11H23NO2/c1-4-5-13-11-9(12)6-10(11)14-7-8(2)3/h8-11H,4-7,12H2,1-3H3. The highest BCUT2D eigenvalue weighted by Crippen LogP contribution is 2.26. The third-order valence-electron chi connectivity index (χ3n) is 2.45. The third-order valence-corrected chi connectivity index (χ3v) is 2.45. The first-order valence-electron chi connectivity index (χ1n) is 5.64. The predicted molar refractivity (Wildman–Crippen MR) is 57.2 cm³/mol. The molecule has 3 heteroatoms. The van der Waals surface area contributed by atoms with Gasteiger partial charge < -0.3 is 15.2 Å². The minimum atomic E-state index is 0.133. The van der Waals surface area contributed by atoms with E-state index < -0.39 is 0 Å². The molecule has 0 amide bonds. The normalized spacial score (nSPS) is 31.9. The zero-order chi connectivity index (χ0) is 10.6. The fourth-order valence-electron chi connectivity index (χ4n) is 1.58. The lowest BCUT2D eigenvalue weighted by molar-refractivity contribution is -0.143. The number of rotatable bonds is 6. The molecule has 0 spiro atoms. The lowest BCUT2D eigenvalue weighted by Gasteiger charge is -2.42. The molecule has 0 aromatic carbocycles. The maximum absolute atomic E-state index is 5.86. The molecule has 3 nitrogen and oxygen atoms in total. The van der Waals surface area contributed by atoms with Crippen LogP contribution >= 0.6 is 0 Å². The highest BCUT2D eigenvalue weighted by Gasteiger charge is 2.40. The van der Waals surface area contributed by atoms with Gasteiger partial charge in [-0.05, 0) is 18.8 Å². The first-order chi connectivity index (χ1) is 6.65. The van der Waals surface area contributed by atoms with Crippen LogP contribution in [0.15, 0.2) is 0 Å². The second kappa shape index (κ2) is 5.69. The summed E-state index contributed by atoms with van der Waals surface area (Å²) in [6.45, 7) is 8.01. The van der Waals surface area contributed by atoms with Gasteiger partial charge in [0.25, 0.3) is 0 Å².